The molecule has 6 nitrogen and oxygen atoms in total. The van der Waals surface area contributed by atoms with Crippen LogP contribution in [0.2, 0.25) is 0 Å². The maximum absolute atomic E-state index is 12.5. The summed E-state index contributed by atoms with van der Waals surface area (Å²) in [6.07, 6.45) is 0. The molecule has 0 aliphatic heterocycles. The second-order valence-corrected chi connectivity index (χ2v) is 5.96. The van der Waals surface area contributed by atoms with Crippen molar-refractivity contribution >= 4 is 15.7 Å². The van der Waals surface area contributed by atoms with Crippen LogP contribution in [0.4, 0.5) is 5.69 Å². The number of methoxy groups -OCH3 is 2. The molecule has 22 heavy (non-hydrogen) atoms. The lowest BCUT2D eigenvalue weighted by Crippen LogP contribution is -2.14. The minimum atomic E-state index is -3.85. The van der Waals surface area contributed by atoms with Crippen LogP contribution >= 0.6 is 0 Å². The third-order valence-electron chi connectivity index (χ3n) is 2.93. The molecule has 2 rings (SSSR count). The number of nitriles is 1. The number of nitrogens with one attached hydrogen (secondary N) is 1. The maximum Gasteiger partial charge on any atom is 0.265 e. The number of hydrogen-bond acceptors (Lipinski definition) is 5. The summed E-state index contributed by atoms with van der Waals surface area (Å²) in [6.45, 7) is 0. The van der Waals surface area contributed by atoms with E-state index in [-0.39, 0.29) is 10.6 Å². The van der Waals surface area contributed by atoms with E-state index in [2.05, 4.69) is 4.72 Å². The van der Waals surface area contributed by atoms with Gasteiger partial charge in [0.15, 0.2) is 0 Å². The van der Waals surface area contributed by atoms with Crippen molar-refractivity contribution in [2.75, 3.05) is 18.9 Å². The van der Waals surface area contributed by atoms with E-state index in [1.165, 1.54) is 50.6 Å². The topological polar surface area (TPSA) is 88.4 Å². The molecule has 0 fully saturated rings. The Labute approximate surface area is 129 Å². The number of benzene rings is 2. The fourth-order valence-electron chi connectivity index (χ4n) is 1.82. The van der Waals surface area contributed by atoms with E-state index in [1.54, 1.807) is 6.07 Å². The van der Waals surface area contributed by atoms with Crippen LogP contribution in [0.1, 0.15) is 5.56 Å². The molecule has 0 aliphatic rings. The lowest BCUT2D eigenvalue weighted by atomic mass is 10.2. The SMILES string of the molecule is COc1ccc(OC)c(S(=O)(=O)Nc2ccc(C#N)cc2)c1. The molecule has 0 radical (unpaired) electrons. The third kappa shape index (κ3) is 3.30. The molecule has 0 heterocycles. The van der Waals surface area contributed by atoms with Gasteiger partial charge in [-0.15, -0.1) is 0 Å². The van der Waals surface area contributed by atoms with Crippen molar-refractivity contribution in [3.05, 3.63) is 48.0 Å². The monoisotopic (exact) mass is 318 g/mol. The van der Waals surface area contributed by atoms with E-state index < -0.39 is 10.0 Å². The molecule has 114 valence electrons. The van der Waals surface area contributed by atoms with Crippen LogP contribution in [0.25, 0.3) is 0 Å². The number of sulfonamides is 1. The van der Waals surface area contributed by atoms with Crippen LogP contribution in [0.3, 0.4) is 0 Å². The van der Waals surface area contributed by atoms with Crippen LogP contribution in [0.15, 0.2) is 47.4 Å². The van der Waals surface area contributed by atoms with Gasteiger partial charge in [0.2, 0.25) is 0 Å². The van der Waals surface area contributed by atoms with E-state index in [0.29, 0.717) is 17.0 Å². The molecule has 1 N–H and O–H groups in total. The molecule has 0 unspecified atom stereocenters. The molecule has 2 aromatic rings. The molecule has 0 aromatic heterocycles. The van der Waals surface area contributed by atoms with Gasteiger partial charge in [0.25, 0.3) is 10.0 Å². The van der Waals surface area contributed by atoms with Crippen molar-refractivity contribution in [2.24, 2.45) is 0 Å². The average Bonchev–Trinajstić information content (AvgIpc) is 2.54. The maximum atomic E-state index is 12.5. The van der Waals surface area contributed by atoms with Gasteiger partial charge < -0.3 is 9.47 Å². The Morgan fingerprint density at radius 1 is 1.05 bits per heavy atom. The van der Waals surface area contributed by atoms with Gasteiger partial charge in [0, 0.05) is 11.8 Å². The minimum absolute atomic E-state index is 0.0290. The lowest BCUT2D eigenvalue weighted by Gasteiger charge is -2.12. The summed E-state index contributed by atoms with van der Waals surface area (Å²) in [4.78, 5) is -0.0290. The van der Waals surface area contributed by atoms with Gasteiger partial charge >= 0.3 is 0 Å². The molecule has 0 saturated carbocycles. The Balaban J connectivity index is 2.39. The van der Waals surface area contributed by atoms with E-state index >= 15 is 0 Å². The van der Waals surface area contributed by atoms with Crippen molar-refractivity contribution in [3.8, 4) is 17.6 Å². The highest BCUT2D eigenvalue weighted by molar-refractivity contribution is 7.92. The number of rotatable bonds is 5. The van der Waals surface area contributed by atoms with Gasteiger partial charge in [-0.25, -0.2) is 8.42 Å². The van der Waals surface area contributed by atoms with E-state index in [4.69, 9.17) is 14.7 Å². The Kier molecular flexibility index (Phi) is 4.53. The summed E-state index contributed by atoms with van der Waals surface area (Å²) in [7, 11) is -1.00. The second-order valence-electron chi connectivity index (χ2n) is 4.31. The van der Waals surface area contributed by atoms with Crippen molar-refractivity contribution in [1.29, 1.82) is 5.26 Å². The fourth-order valence-corrected chi connectivity index (χ4v) is 3.06. The molecule has 7 heteroatoms. The molecule has 2 aromatic carbocycles. The largest absolute Gasteiger partial charge is 0.497 e. The van der Waals surface area contributed by atoms with Crippen molar-refractivity contribution in [2.45, 2.75) is 4.90 Å². The highest BCUT2D eigenvalue weighted by atomic mass is 32.2. The lowest BCUT2D eigenvalue weighted by molar-refractivity contribution is 0.392. The Morgan fingerprint density at radius 2 is 1.73 bits per heavy atom. The average molecular weight is 318 g/mol. The second kappa shape index (κ2) is 6.37. The van der Waals surface area contributed by atoms with Crippen LogP contribution < -0.4 is 14.2 Å². The van der Waals surface area contributed by atoms with Gasteiger partial charge in [-0.2, -0.15) is 5.26 Å². The molecule has 0 amide bonds. The zero-order chi connectivity index (χ0) is 16.2. The summed E-state index contributed by atoms with van der Waals surface area (Å²) < 4.78 is 37.6. The van der Waals surface area contributed by atoms with Gasteiger partial charge in [-0.05, 0) is 36.4 Å². The van der Waals surface area contributed by atoms with Gasteiger partial charge in [-0.1, -0.05) is 0 Å². The van der Waals surface area contributed by atoms with Crippen molar-refractivity contribution in [1.82, 2.24) is 0 Å². The molecule has 0 bridgehead atoms. The summed E-state index contributed by atoms with van der Waals surface area (Å²) in [5.41, 5.74) is 0.797. The van der Waals surface area contributed by atoms with Gasteiger partial charge in [-0.3, -0.25) is 4.72 Å². The first-order chi connectivity index (χ1) is 10.5. The van der Waals surface area contributed by atoms with Crippen molar-refractivity contribution in [3.63, 3.8) is 0 Å². The number of ether oxygens (including phenoxy) is 2. The summed E-state index contributed by atoms with van der Waals surface area (Å²) >= 11 is 0. The smallest absolute Gasteiger partial charge is 0.265 e. The first-order valence-electron chi connectivity index (χ1n) is 6.25. The number of nitrogens with zero attached hydrogens (tertiary/aromatic N) is 1. The van der Waals surface area contributed by atoms with Crippen LogP contribution in [0.5, 0.6) is 11.5 Å². The Hall–Kier alpha value is -2.72. The minimum Gasteiger partial charge on any atom is -0.497 e. The first-order valence-corrected chi connectivity index (χ1v) is 7.73. The predicted molar refractivity (Wildman–Crippen MR) is 81.5 cm³/mol. The quantitative estimate of drug-likeness (QED) is 0.914. The highest BCUT2D eigenvalue weighted by Gasteiger charge is 2.20. The number of hydrogen-bond donors (Lipinski definition) is 1. The first kappa shape index (κ1) is 15.7. The molecular weight excluding hydrogens is 304 g/mol. The van der Waals surface area contributed by atoms with Gasteiger partial charge in [0.1, 0.15) is 16.4 Å². The standard InChI is InChI=1S/C15H14N2O4S/c1-20-13-7-8-14(21-2)15(9-13)22(18,19)17-12-5-3-11(10-16)4-6-12/h3-9,17H,1-2H3. The summed E-state index contributed by atoms with van der Waals surface area (Å²) in [6, 6.07) is 12.6. The fraction of sp³-hybridized carbons (Fsp3) is 0.133. The zero-order valence-corrected chi connectivity index (χ0v) is 12.8. The van der Waals surface area contributed by atoms with Crippen LogP contribution in [-0.2, 0) is 10.0 Å². The highest BCUT2D eigenvalue weighted by Crippen LogP contribution is 2.29. The third-order valence-corrected chi connectivity index (χ3v) is 4.33. The molecule has 0 saturated heterocycles. The van der Waals surface area contributed by atoms with E-state index in [9.17, 15) is 8.42 Å². The zero-order valence-electron chi connectivity index (χ0n) is 12.0. The van der Waals surface area contributed by atoms with E-state index in [1.807, 2.05) is 6.07 Å². The van der Waals surface area contributed by atoms with E-state index in [0.717, 1.165) is 0 Å². The predicted octanol–water partition coefficient (Wildman–Crippen LogP) is 2.38. The molecular formula is C15H14N2O4S. The Morgan fingerprint density at radius 3 is 2.27 bits per heavy atom. The number of anilines is 1. The Bertz CT molecular complexity index is 808. The summed E-state index contributed by atoms with van der Waals surface area (Å²) in [5, 5.41) is 8.75. The molecule has 0 spiro atoms. The summed E-state index contributed by atoms with van der Waals surface area (Å²) in [5.74, 6) is 0.614. The normalized spacial score (nSPS) is 10.6. The van der Waals surface area contributed by atoms with Crippen LogP contribution in [-0.4, -0.2) is 22.6 Å². The van der Waals surface area contributed by atoms with Crippen LogP contribution in [0, 0.1) is 11.3 Å². The van der Waals surface area contributed by atoms with Crippen molar-refractivity contribution < 1.29 is 17.9 Å². The molecule has 0 atom stereocenters. The van der Waals surface area contributed by atoms with Gasteiger partial charge in [0.05, 0.1) is 25.9 Å². The molecule has 0 aliphatic carbocycles.